The van der Waals surface area contributed by atoms with Gasteiger partial charge in [-0.3, -0.25) is 4.79 Å². The van der Waals surface area contributed by atoms with E-state index in [0.29, 0.717) is 37.7 Å². The summed E-state index contributed by atoms with van der Waals surface area (Å²) in [5, 5.41) is 11.4. The fraction of sp³-hybridized carbons (Fsp3) is 0.412. The highest BCUT2D eigenvalue weighted by Crippen LogP contribution is 2.42. The van der Waals surface area contributed by atoms with Gasteiger partial charge in [0.25, 0.3) is 0 Å². The van der Waals surface area contributed by atoms with Crippen molar-refractivity contribution in [1.82, 2.24) is 14.8 Å². The predicted molar refractivity (Wildman–Crippen MR) is 171 cm³/mol. The number of aryl methyl sites for hydroxylation is 1. The monoisotopic (exact) mass is 592 g/mol. The number of pyridine rings is 1. The summed E-state index contributed by atoms with van der Waals surface area (Å²) in [6.45, 7) is 14.3. The number of piperazine rings is 1. The lowest BCUT2D eigenvalue weighted by Gasteiger charge is -2.40. The number of carbonyl (C=O) groups excluding carboxylic acids is 1. The first kappa shape index (κ1) is 29.0. The summed E-state index contributed by atoms with van der Waals surface area (Å²) in [6.07, 6.45) is 5.78. The second-order valence-corrected chi connectivity index (χ2v) is 12.6. The van der Waals surface area contributed by atoms with E-state index in [1.54, 1.807) is 4.90 Å². The number of rotatable bonds is 7. The maximum atomic E-state index is 12.6. The van der Waals surface area contributed by atoms with Crippen LogP contribution in [0.15, 0.2) is 53.9 Å². The second-order valence-electron chi connectivity index (χ2n) is 11.5. The molecule has 3 aliphatic heterocycles. The van der Waals surface area contributed by atoms with Crippen molar-refractivity contribution in [3.8, 4) is 23.1 Å². The number of fused-ring (bicyclic) bond motifs is 2. The third-order valence-corrected chi connectivity index (χ3v) is 10.2. The molecule has 2 fully saturated rings. The van der Waals surface area contributed by atoms with Crippen molar-refractivity contribution < 1.29 is 9.53 Å². The largest absolute Gasteiger partial charge is 0.475 e. The molecule has 0 bridgehead atoms. The standard InChI is InChI=1S/C34H36N6O2S/c1-4-31(41)40-16-15-39(21-26(40)20-36-2)32-28-13-12-24(27-11-5-8-23-9-7-17-43-33(23)27)18-30(28)37-34(29(32)19-35)42-22-25-10-6-14-38(25)3/h4-5,8,11-13,18,25-26H,1,6-7,9-10,14-17,20-22H2,3H3/t25-,26-/m0/s1. The van der Waals surface area contributed by atoms with Gasteiger partial charge in [-0.1, -0.05) is 36.9 Å². The summed E-state index contributed by atoms with van der Waals surface area (Å²) in [6, 6.07) is 15.2. The highest BCUT2D eigenvalue weighted by atomic mass is 32.2. The lowest BCUT2D eigenvalue weighted by Crippen LogP contribution is -2.56. The van der Waals surface area contributed by atoms with Gasteiger partial charge in [0.1, 0.15) is 24.3 Å². The molecule has 3 aliphatic rings. The van der Waals surface area contributed by atoms with Crippen molar-refractivity contribution >= 4 is 34.3 Å². The van der Waals surface area contributed by atoms with Gasteiger partial charge in [0.05, 0.1) is 11.2 Å². The van der Waals surface area contributed by atoms with Crippen LogP contribution in [0.1, 0.15) is 30.4 Å². The molecule has 0 unspecified atom stereocenters. The lowest BCUT2D eigenvalue weighted by atomic mass is 9.98. The molecule has 4 heterocycles. The molecule has 220 valence electrons. The molecule has 2 atom stereocenters. The number of anilines is 1. The summed E-state index contributed by atoms with van der Waals surface area (Å²) < 4.78 is 6.38. The SMILES string of the molecule is [C-]#[N+]C[C@H]1CN(c2c(C#N)c(OC[C@@H]3CCCN3C)nc3cc(-c4cccc5c4SCCC5)ccc23)CCN1C(=O)C=C. The third kappa shape index (κ3) is 5.68. The van der Waals surface area contributed by atoms with Crippen LogP contribution in [-0.2, 0) is 11.2 Å². The average Bonchev–Trinajstić information content (AvgIpc) is 3.46. The van der Waals surface area contributed by atoms with Crippen LogP contribution in [0, 0.1) is 17.9 Å². The molecule has 0 spiro atoms. The number of likely N-dealkylation sites (tertiary alicyclic amines) is 1. The quantitative estimate of drug-likeness (QED) is 0.268. The van der Waals surface area contributed by atoms with Gasteiger partial charge >= 0.3 is 0 Å². The number of thioether (sulfide) groups is 1. The van der Waals surface area contributed by atoms with Gasteiger partial charge in [-0.2, -0.15) is 5.26 Å². The Morgan fingerprint density at radius 2 is 2.14 bits per heavy atom. The predicted octanol–water partition coefficient (Wildman–Crippen LogP) is 5.41. The number of likely N-dealkylation sites (N-methyl/N-ethyl adjacent to an activating group) is 1. The molecule has 0 aliphatic carbocycles. The Labute approximate surface area is 257 Å². The number of nitriles is 1. The van der Waals surface area contributed by atoms with E-state index in [1.165, 1.54) is 28.5 Å². The maximum Gasteiger partial charge on any atom is 0.246 e. The number of hydrogen-bond acceptors (Lipinski definition) is 7. The zero-order valence-corrected chi connectivity index (χ0v) is 25.4. The maximum absolute atomic E-state index is 12.6. The van der Waals surface area contributed by atoms with Crippen LogP contribution in [0.4, 0.5) is 5.69 Å². The Hall–Kier alpha value is -4.05. The van der Waals surface area contributed by atoms with Crippen molar-refractivity contribution in [3.63, 3.8) is 0 Å². The van der Waals surface area contributed by atoms with Crippen molar-refractivity contribution in [3.05, 3.63) is 71.6 Å². The van der Waals surface area contributed by atoms with Gasteiger partial charge in [0.2, 0.25) is 18.3 Å². The number of amides is 1. The van der Waals surface area contributed by atoms with Crippen LogP contribution in [0.5, 0.6) is 5.88 Å². The van der Waals surface area contributed by atoms with Crippen molar-refractivity contribution in [2.75, 3.05) is 57.0 Å². The topological polar surface area (TPSA) is 77.1 Å². The van der Waals surface area contributed by atoms with E-state index >= 15 is 0 Å². The molecule has 3 aromatic rings. The van der Waals surface area contributed by atoms with E-state index in [0.717, 1.165) is 53.7 Å². The van der Waals surface area contributed by atoms with Crippen LogP contribution < -0.4 is 9.64 Å². The van der Waals surface area contributed by atoms with Crippen LogP contribution in [-0.4, -0.2) is 84.9 Å². The zero-order chi connectivity index (χ0) is 29.9. The van der Waals surface area contributed by atoms with Crippen molar-refractivity contribution in [2.45, 2.75) is 42.7 Å². The average molecular weight is 593 g/mol. The molecule has 2 aromatic carbocycles. The third-order valence-electron chi connectivity index (χ3n) is 8.92. The lowest BCUT2D eigenvalue weighted by molar-refractivity contribution is -0.128. The van der Waals surface area contributed by atoms with E-state index in [-0.39, 0.29) is 24.5 Å². The summed E-state index contributed by atoms with van der Waals surface area (Å²) in [5.74, 6) is 1.29. The van der Waals surface area contributed by atoms with Crippen molar-refractivity contribution in [1.29, 1.82) is 5.26 Å². The molecular formula is C34H36N6O2S. The highest BCUT2D eigenvalue weighted by Gasteiger charge is 2.34. The summed E-state index contributed by atoms with van der Waals surface area (Å²) >= 11 is 1.92. The van der Waals surface area contributed by atoms with Gasteiger partial charge in [-0.25, -0.2) is 11.6 Å². The van der Waals surface area contributed by atoms with Gasteiger partial charge in [-0.05, 0) is 73.9 Å². The Morgan fingerprint density at radius 3 is 2.91 bits per heavy atom. The molecular weight excluding hydrogens is 556 g/mol. The first-order valence-corrected chi connectivity index (χ1v) is 16.0. The molecule has 9 heteroatoms. The molecule has 0 radical (unpaired) electrons. The van der Waals surface area contributed by atoms with E-state index in [9.17, 15) is 10.1 Å². The van der Waals surface area contributed by atoms with Crippen LogP contribution in [0.3, 0.4) is 0 Å². The van der Waals surface area contributed by atoms with Gasteiger partial charge in [-0.15, -0.1) is 11.8 Å². The first-order chi connectivity index (χ1) is 21.0. The molecule has 6 rings (SSSR count). The van der Waals surface area contributed by atoms with E-state index in [2.05, 4.69) is 70.7 Å². The zero-order valence-electron chi connectivity index (χ0n) is 24.6. The fourth-order valence-electron chi connectivity index (χ4n) is 6.64. The molecule has 0 N–H and O–H groups in total. The molecule has 1 aromatic heterocycles. The molecule has 8 nitrogen and oxygen atoms in total. The van der Waals surface area contributed by atoms with Crippen LogP contribution in [0.25, 0.3) is 26.9 Å². The fourth-order valence-corrected chi connectivity index (χ4v) is 7.83. The number of ether oxygens (including phenoxy) is 1. The minimum Gasteiger partial charge on any atom is -0.475 e. The van der Waals surface area contributed by atoms with E-state index in [1.807, 2.05) is 11.8 Å². The summed E-state index contributed by atoms with van der Waals surface area (Å²) in [7, 11) is 2.11. The van der Waals surface area contributed by atoms with E-state index in [4.69, 9.17) is 16.3 Å². The number of hydrogen-bond donors (Lipinski definition) is 0. The summed E-state index contributed by atoms with van der Waals surface area (Å²) in [5.41, 5.74) is 5.63. The Bertz CT molecular complexity index is 1640. The van der Waals surface area contributed by atoms with Crippen molar-refractivity contribution in [2.24, 2.45) is 0 Å². The van der Waals surface area contributed by atoms with Crippen LogP contribution in [0.2, 0.25) is 0 Å². The normalized spacial score (nSPS) is 20.3. The Kier molecular flexibility index (Phi) is 8.56. The second kappa shape index (κ2) is 12.7. The smallest absolute Gasteiger partial charge is 0.246 e. The molecule has 2 saturated heterocycles. The minimum absolute atomic E-state index is 0.174. The van der Waals surface area contributed by atoms with Crippen LogP contribution >= 0.6 is 11.8 Å². The first-order valence-electron chi connectivity index (χ1n) is 15.0. The molecule has 43 heavy (non-hydrogen) atoms. The Balaban J connectivity index is 1.45. The molecule has 0 saturated carbocycles. The number of benzene rings is 2. The number of carbonyl (C=O) groups is 1. The van der Waals surface area contributed by atoms with E-state index < -0.39 is 0 Å². The van der Waals surface area contributed by atoms with Gasteiger partial charge < -0.3 is 24.3 Å². The minimum atomic E-state index is -0.310. The summed E-state index contributed by atoms with van der Waals surface area (Å²) in [4.78, 5) is 28.7. The van der Waals surface area contributed by atoms with Gasteiger partial charge in [0.15, 0.2) is 0 Å². The molecule has 1 amide bonds. The number of aromatic nitrogens is 1. The Morgan fingerprint density at radius 1 is 1.26 bits per heavy atom. The number of nitrogens with zero attached hydrogens (tertiary/aromatic N) is 6. The highest BCUT2D eigenvalue weighted by molar-refractivity contribution is 7.99. The van der Waals surface area contributed by atoms with Gasteiger partial charge in [0, 0.05) is 36.0 Å².